The predicted octanol–water partition coefficient (Wildman–Crippen LogP) is 4.11. The third-order valence-corrected chi connectivity index (χ3v) is 6.06. The van der Waals surface area contributed by atoms with Gasteiger partial charge in [0.15, 0.2) is 23.0 Å². The molecule has 1 saturated heterocycles. The summed E-state index contributed by atoms with van der Waals surface area (Å²) in [5, 5.41) is 2.78. The summed E-state index contributed by atoms with van der Waals surface area (Å²) in [5.41, 5.74) is 1.75. The van der Waals surface area contributed by atoms with E-state index in [-0.39, 0.29) is 18.1 Å². The number of methoxy groups -OCH3 is 4. The second kappa shape index (κ2) is 10.9. The highest BCUT2D eigenvalue weighted by Crippen LogP contribution is 2.59. The predicted molar refractivity (Wildman–Crippen MR) is 135 cm³/mol. The lowest BCUT2D eigenvalue weighted by molar-refractivity contribution is 0.0527. The molecule has 2 aromatic carbocycles. The van der Waals surface area contributed by atoms with Crippen molar-refractivity contribution >= 4 is 12.1 Å². The van der Waals surface area contributed by atoms with E-state index in [0.29, 0.717) is 41.5 Å². The molecule has 0 aliphatic carbocycles. The van der Waals surface area contributed by atoms with Gasteiger partial charge in [0, 0.05) is 17.7 Å². The molecule has 1 N–H and O–H groups in total. The number of hydrogen-bond acceptors (Lipinski definition) is 10. The van der Waals surface area contributed by atoms with Crippen LogP contribution in [0, 0.1) is 0 Å². The van der Waals surface area contributed by atoms with Crippen molar-refractivity contribution in [2.75, 3.05) is 41.8 Å². The number of carbonyl (C=O) groups is 2. The number of benzene rings is 2. The van der Waals surface area contributed by atoms with Crippen molar-refractivity contribution in [2.24, 2.45) is 0 Å². The van der Waals surface area contributed by atoms with Gasteiger partial charge in [0.05, 0.1) is 28.4 Å². The topological polar surface area (TPSA) is 123 Å². The Morgan fingerprint density at radius 1 is 1.00 bits per heavy atom. The van der Waals surface area contributed by atoms with Gasteiger partial charge >= 0.3 is 12.1 Å². The van der Waals surface area contributed by atoms with Gasteiger partial charge in [-0.2, -0.15) is 0 Å². The maximum Gasteiger partial charge on any atom is 0.407 e. The van der Waals surface area contributed by atoms with Gasteiger partial charge in [-0.3, -0.25) is 0 Å². The number of amides is 1. The van der Waals surface area contributed by atoms with Crippen LogP contribution in [0.4, 0.5) is 4.79 Å². The van der Waals surface area contributed by atoms with Crippen LogP contribution in [0.1, 0.15) is 60.0 Å². The Balaban J connectivity index is 1.68. The molecule has 2 heterocycles. The maximum atomic E-state index is 12.8. The zero-order valence-electron chi connectivity index (χ0n) is 22.6. The summed E-state index contributed by atoms with van der Waals surface area (Å²) < 4.78 is 44.4. The third-order valence-electron chi connectivity index (χ3n) is 6.06. The molecule has 1 amide bonds. The fraction of sp³-hybridized carbons (Fsp3) is 0.481. The minimum Gasteiger partial charge on any atom is -0.493 e. The van der Waals surface area contributed by atoms with E-state index in [1.54, 1.807) is 32.9 Å². The van der Waals surface area contributed by atoms with Gasteiger partial charge in [-0.25, -0.2) is 9.59 Å². The third kappa shape index (κ3) is 5.38. The summed E-state index contributed by atoms with van der Waals surface area (Å²) in [6.07, 6.45) is -1.06. The Bertz CT molecular complexity index is 1220. The Labute approximate surface area is 221 Å². The standard InChI is InChI=1S/C27H33NO10/c1-27(2,3)38-26(30)28-11-10-14-12-17-22(36-13-35-17)23(33-6)18(14)24-20(37-24)15-8-9-16(31-4)21(32-5)19(15)25(29)34-7/h8-9,12,20,24H,10-11,13H2,1-7H3,(H,28,30)/t20-,24-/m0/s1. The summed E-state index contributed by atoms with van der Waals surface area (Å²) in [4.78, 5) is 25.0. The quantitative estimate of drug-likeness (QED) is 0.373. The number of carbonyl (C=O) groups excluding carboxylic acids is 2. The minimum absolute atomic E-state index is 0.0574. The molecule has 0 saturated carbocycles. The summed E-state index contributed by atoms with van der Waals surface area (Å²) in [5.74, 6) is 1.55. The molecule has 2 aliphatic heterocycles. The lowest BCUT2D eigenvalue weighted by atomic mass is 9.93. The molecule has 0 aromatic heterocycles. The number of fused-ring (bicyclic) bond motifs is 1. The van der Waals surface area contributed by atoms with E-state index in [4.69, 9.17) is 37.9 Å². The summed E-state index contributed by atoms with van der Waals surface area (Å²) in [7, 11) is 5.78. The first-order valence-corrected chi connectivity index (χ1v) is 12.1. The van der Waals surface area contributed by atoms with Crippen molar-refractivity contribution < 1.29 is 47.5 Å². The average molecular weight is 532 g/mol. The van der Waals surface area contributed by atoms with Crippen LogP contribution in [0.15, 0.2) is 18.2 Å². The Morgan fingerprint density at radius 2 is 1.74 bits per heavy atom. The van der Waals surface area contributed by atoms with Gasteiger partial charge in [-0.05, 0) is 44.9 Å². The molecule has 2 aromatic rings. The molecule has 0 unspecified atom stereocenters. The van der Waals surface area contributed by atoms with E-state index in [0.717, 1.165) is 11.1 Å². The maximum absolute atomic E-state index is 12.8. The molecule has 0 bridgehead atoms. The van der Waals surface area contributed by atoms with Crippen molar-refractivity contribution in [1.82, 2.24) is 5.32 Å². The molecule has 2 aliphatic rings. The molecular formula is C27H33NO10. The molecule has 4 rings (SSSR count). The lowest BCUT2D eigenvalue weighted by Gasteiger charge is -2.20. The first kappa shape index (κ1) is 27.2. The SMILES string of the molecule is COC(=O)c1c([C@@H]2O[C@H]2c2c(CCNC(=O)OC(C)(C)C)cc3c(c2OC)OCO3)ccc(OC)c1OC. The van der Waals surface area contributed by atoms with Gasteiger partial charge in [0.2, 0.25) is 12.5 Å². The number of alkyl carbamates (subject to hydrolysis) is 1. The highest BCUT2D eigenvalue weighted by molar-refractivity contribution is 5.95. The lowest BCUT2D eigenvalue weighted by Crippen LogP contribution is -2.33. The van der Waals surface area contributed by atoms with Crippen LogP contribution in [0.25, 0.3) is 0 Å². The molecule has 0 radical (unpaired) electrons. The number of epoxide rings is 1. The van der Waals surface area contributed by atoms with E-state index in [1.807, 2.05) is 6.07 Å². The molecule has 38 heavy (non-hydrogen) atoms. The molecular weight excluding hydrogens is 498 g/mol. The van der Waals surface area contributed by atoms with E-state index < -0.39 is 29.9 Å². The largest absolute Gasteiger partial charge is 0.493 e. The molecule has 11 heteroatoms. The van der Waals surface area contributed by atoms with Crippen LogP contribution in [0.5, 0.6) is 28.7 Å². The van der Waals surface area contributed by atoms with E-state index in [2.05, 4.69) is 5.32 Å². The number of esters is 1. The number of ether oxygens (including phenoxy) is 8. The van der Waals surface area contributed by atoms with Crippen molar-refractivity contribution in [2.45, 2.75) is 45.0 Å². The van der Waals surface area contributed by atoms with Crippen LogP contribution >= 0.6 is 0 Å². The van der Waals surface area contributed by atoms with Crippen molar-refractivity contribution in [3.05, 3.63) is 40.5 Å². The van der Waals surface area contributed by atoms with Gasteiger partial charge in [-0.1, -0.05) is 6.07 Å². The van der Waals surface area contributed by atoms with E-state index in [1.165, 1.54) is 28.4 Å². The summed E-state index contributed by atoms with van der Waals surface area (Å²) in [6, 6.07) is 5.31. The highest BCUT2D eigenvalue weighted by Gasteiger charge is 2.48. The smallest absolute Gasteiger partial charge is 0.407 e. The zero-order chi connectivity index (χ0) is 27.6. The summed E-state index contributed by atoms with van der Waals surface area (Å²) in [6.45, 7) is 5.76. The molecule has 11 nitrogen and oxygen atoms in total. The monoisotopic (exact) mass is 531 g/mol. The van der Waals surface area contributed by atoms with Crippen molar-refractivity contribution in [3.63, 3.8) is 0 Å². The van der Waals surface area contributed by atoms with Crippen molar-refractivity contribution in [1.29, 1.82) is 0 Å². The van der Waals surface area contributed by atoms with Gasteiger partial charge in [0.1, 0.15) is 23.4 Å². The van der Waals surface area contributed by atoms with Crippen LogP contribution < -0.4 is 29.0 Å². The van der Waals surface area contributed by atoms with Gasteiger partial charge in [0.25, 0.3) is 0 Å². The van der Waals surface area contributed by atoms with Crippen LogP contribution in [-0.4, -0.2) is 59.4 Å². The average Bonchev–Trinajstić information content (AvgIpc) is 3.52. The zero-order valence-corrected chi connectivity index (χ0v) is 22.6. The second-order valence-corrected chi connectivity index (χ2v) is 9.63. The Kier molecular flexibility index (Phi) is 7.77. The van der Waals surface area contributed by atoms with Crippen molar-refractivity contribution in [3.8, 4) is 28.7 Å². The number of rotatable bonds is 9. The second-order valence-electron chi connectivity index (χ2n) is 9.63. The fourth-order valence-corrected chi connectivity index (χ4v) is 4.47. The van der Waals surface area contributed by atoms with Crippen LogP contribution in [0.3, 0.4) is 0 Å². The van der Waals surface area contributed by atoms with Gasteiger partial charge < -0.3 is 43.2 Å². The normalized spacial score (nSPS) is 17.4. The van der Waals surface area contributed by atoms with E-state index >= 15 is 0 Å². The van der Waals surface area contributed by atoms with Gasteiger partial charge in [-0.15, -0.1) is 0 Å². The number of hydrogen-bond donors (Lipinski definition) is 1. The van der Waals surface area contributed by atoms with Crippen LogP contribution in [0.2, 0.25) is 0 Å². The molecule has 2 atom stereocenters. The first-order chi connectivity index (χ1) is 18.1. The highest BCUT2D eigenvalue weighted by atomic mass is 16.7. The molecule has 0 spiro atoms. The molecule has 1 fully saturated rings. The number of nitrogens with one attached hydrogen (secondary N) is 1. The Morgan fingerprint density at radius 3 is 2.37 bits per heavy atom. The molecule has 206 valence electrons. The summed E-state index contributed by atoms with van der Waals surface area (Å²) >= 11 is 0. The fourth-order valence-electron chi connectivity index (χ4n) is 4.47. The minimum atomic E-state index is -0.608. The van der Waals surface area contributed by atoms with Crippen LogP contribution in [-0.2, 0) is 20.6 Å². The van der Waals surface area contributed by atoms with E-state index in [9.17, 15) is 9.59 Å². The Hall–Kier alpha value is -3.86. The first-order valence-electron chi connectivity index (χ1n) is 12.1.